The highest BCUT2D eigenvalue weighted by Crippen LogP contribution is 2.18. The highest BCUT2D eigenvalue weighted by molar-refractivity contribution is 7.99. The molecule has 0 spiro atoms. The van der Waals surface area contributed by atoms with Crippen LogP contribution < -0.4 is 20.5 Å². The lowest BCUT2D eigenvalue weighted by molar-refractivity contribution is -0.759. The number of para-hydroxylation sites is 1. The van der Waals surface area contributed by atoms with Gasteiger partial charge in [0.25, 0.3) is 11.8 Å². The Morgan fingerprint density at radius 3 is 2.90 bits per heavy atom. The van der Waals surface area contributed by atoms with Crippen molar-refractivity contribution in [3.63, 3.8) is 0 Å². The van der Waals surface area contributed by atoms with Crippen molar-refractivity contribution < 1.29 is 14.4 Å². The van der Waals surface area contributed by atoms with Crippen molar-refractivity contribution in [2.75, 3.05) is 23.9 Å². The van der Waals surface area contributed by atoms with E-state index < -0.39 is 0 Å². The van der Waals surface area contributed by atoms with Gasteiger partial charge < -0.3 is 5.11 Å². The van der Waals surface area contributed by atoms with Crippen molar-refractivity contribution in [1.29, 1.82) is 0 Å². The van der Waals surface area contributed by atoms with Gasteiger partial charge in [-0.25, -0.2) is 9.98 Å². The van der Waals surface area contributed by atoms with E-state index in [1.54, 1.807) is 27.7 Å². The fourth-order valence-corrected chi connectivity index (χ4v) is 4.16. The second kappa shape index (κ2) is 8.64. The molecule has 3 heterocycles. The van der Waals surface area contributed by atoms with Gasteiger partial charge in [-0.05, 0) is 44.2 Å². The van der Waals surface area contributed by atoms with E-state index in [1.807, 2.05) is 19.1 Å². The fourth-order valence-electron chi connectivity index (χ4n) is 3.31. The summed E-state index contributed by atoms with van der Waals surface area (Å²) in [7, 11) is 0. The van der Waals surface area contributed by atoms with Crippen LogP contribution in [-0.4, -0.2) is 39.6 Å². The van der Waals surface area contributed by atoms with Gasteiger partial charge in [0.1, 0.15) is 0 Å². The average molecular weight is 414 g/mol. The molecule has 1 aromatic carbocycles. The Bertz CT molecular complexity index is 1090. The lowest BCUT2D eigenvalue weighted by Crippen LogP contribution is -2.60. The summed E-state index contributed by atoms with van der Waals surface area (Å²) in [4.78, 5) is 22.8. The Labute approximate surface area is 171 Å². The zero-order valence-electron chi connectivity index (χ0n) is 16.2. The Balaban J connectivity index is 1.49. The summed E-state index contributed by atoms with van der Waals surface area (Å²) in [5.41, 5.74) is 0.509. The number of hydrogen-bond acceptors (Lipinski definition) is 8. The highest BCUT2D eigenvalue weighted by atomic mass is 32.2. The predicted octanol–water partition coefficient (Wildman–Crippen LogP) is 0.996. The van der Waals surface area contributed by atoms with Gasteiger partial charge in [-0.3, -0.25) is 13.9 Å². The molecule has 10 heteroatoms. The van der Waals surface area contributed by atoms with Crippen molar-refractivity contribution in [2.45, 2.75) is 37.9 Å². The van der Waals surface area contributed by atoms with E-state index in [0.717, 1.165) is 25.9 Å². The summed E-state index contributed by atoms with van der Waals surface area (Å²) >= 11 is 1.19. The SMILES string of the molecule is CCn1c(SC/C([O-])=N/c2c[n+](N3CCCCC3)no2)nc2ccccc2c1=O. The number of aliphatic imine (C=N–C) groups is 1. The van der Waals surface area contributed by atoms with Crippen molar-refractivity contribution in [1.82, 2.24) is 14.8 Å². The van der Waals surface area contributed by atoms with Crippen LogP contribution >= 0.6 is 11.8 Å². The number of benzene rings is 1. The van der Waals surface area contributed by atoms with Crippen LogP contribution in [0.15, 0.2) is 49.9 Å². The van der Waals surface area contributed by atoms with Gasteiger partial charge in [-0.2, -0.15) is 5.01 Å². The minimum absolute atomic E-state index is 0.0508. The van der Waals surface area contributed by atoms with E-state index in [1.165, 1.54) is 18.2 Å². The quantitative estimate of drug-likeness (QED) is 0.195. The third-order valence-corrected chi connectivity index (χ3v) is 5.73. The van der Waals surface area contributed by atoms with Crippen LogP contribution in [0, 0.1) is 0 Å². The molecule has 0 N–H and O–H groups in total. The number of hydrogen-bond donors (Lipinski definition) is 0. The molecule has 1 saturated heterocycles. The van der Waals surface area contributed by atoms with Crippen LogP contribution in [0.25, 0.3) is 10.9 Å². The minimum Gasteiger partial charge on any atom is -0.861 e. The van der Waals surface area contributed by atoms with Crippen LogP contribution in [0.1, 0.15) is 26.2 Å². The van der Waals surface area contributed by atoms with E-state index in [9.17, 15) is 9.90 Å². The van der Waals surface area contributed by atoms with E-state index in [-0.39, 0.29) is 23.1 Å². The average Bonchev–Trinajstić information content (AvgIpc) is 3.21. The molecule has 2 aromatic heterocycles. The van der Waals surface area contributed by atoms with E-state index in [4.69, 9.17) is 4.52 Å². The van der Waals surface area contributed by atoms with Crippen LogP contribution in [0.4, 0.5) is 5.88 Å². The molecule has 152 valence electrons. The van der Waals surface area contributed by atoms with Crippen LogP contribution in [-0.2, 0) is 6.54 Å². The normalized spacial score (nSPS) is 15.2. The van der Waals surface area contributed by atoms with Gasteiger partial charge in [0.05, 0.1) is 28.8 Å². The molecule has 0 unspecified atom stereocenters. The Kier molecular flexibility index (Phi) is 5.79. The second-order valence-electron chi connectivity index (χ2n) is 6.73. The number of aromatic nitrogens is 4. The smallest absolute Gasteiger partial charge is 0.324 e. The van der Waals surface area contributed by atoms with Crippen LogP contribution in [0.2, 0.25) is 0 Å². The molecule has 0 amide bonds. The van der Waals surface area contributed by atoms with E-state index in [0.29, 0.717) is 22.6 Å². The van der Waals surface area contributed by atoms with Gasteiger partial charge in [0, 0.05) is 12.3 Å². The molecule has 4 rings (SSSR count). The highest BCUT2D eigenvalue weighted by Gasteiger charge is 2.22. The van der Waals surface area contributed by atoms with Gasteiger partial charge >= 0.3 is 5.88 Å². The standard InChI is InChI=1S/C19H22N6O3S/c1-2-24-18(27)14-8-4-5-9-15(14)20-19(24)29-13-16(26)21-17-12-25(22-28-17)23-10-6-3-7-11-23/h4-5,8-9,12H,2-3,6-7,10-11,13H2,1H3. The topological polar surface area (TPSA) is 103 Å². The summed E-state index contributed by atoms with van der Waals surface area (Å²) in [6.07, 6.45) is 5.05. The predicted molar refractivity (Wildman–Crippen MR) is 108 cm³/mol. The molecule has 0 saturated carbocycles. The Morgan fingerprint density at radius 1 is 1.31 bits per heavy atom. The summed E-state index contributed by atoms with van der Waals surface area (Å²) in [5, 5.41) is 19.4. The molecule has 0 bridgehead atoms. The molecular formula is C19H22N6O3S. The second-order valence-corrected chi connectivity index (χ2v) is 7.67. The van der Waals surface area contributed by atoms with Gasteiger partial charge in [0.15, 0.2) is 5.16 Å². The first-order chi connectivity index (χ1) is 14.2. The molecule has 1 aliphatic heterocycles. The number of rotatable bonds is 6. The maximum Gasteiger partial charge on any atom is 0.324 e. The van der Waals surface area contributed by atoms with Crippen molar-refractivity contribution >= 4 is 34.4 Å². The fraction of sp³-hybridized carbons (Fsp3) is 0.421. The molecule has 0 aliphatic carbocycles. The van der Waals surface area contributed by atoms with E-state index >= 15 is 0 Å². The molecule has 1 aliphatic rings. The van der Waals surface area contributed by atoms with Gasteiger partial charge in [0.2, 0.25) is 5.27 Å². The Morgan fingerprint density at radius 2 is 2.10 bits per heavy atom. The summed E-state index contributed by atoms with van der Waals surface area (Å²) < 4.78 is 6.73. The zero-order valence-corrected chi connectivity index (χ0v) is 17.0. The number of nitrogens with zero attached hydrogens (tertiary/aromatic N) is 6. The van der Waals surface area contributed by atoms with Gasteiger partial charge in [-0.1, -0.05) is 23.9 Å². The molecule has 0 atom stereocenters. The van der Waals surface area contributed by atoms with Crippen molar-refractivity contribution in [3.05, 3.63) is 40.8 Å². The molecule has 1 fully saturated rings. The monoisotopic (exact) mass is 414 g/mol. The first-order valence-corrected chi connectivity index (χ1v) is 10.6. The van der Waals surface area contributed by atoms with Crippen molar-refractivity contribution in [2.24, 2.45) is 4.99 Å². The van der Waals surface area contributed by atoms with Crippen molar-refractivity contribution in [3.8, 4) is 0 Å². The zero-order chi connectivity index (χ0) is 20.2. The summed E-state index contributed by atoms with van der Waals surface area (Å²) in [6, 6.07) is 7.20. The minimum atomic E-state index is -0.373. The van der Waals surface area contributed by atoms with Crippen LogP contribution in [0.5, 0.6) is 0 Å². The first kappa shape index (κ1) is 19.4. The molecule has 0 radical (unpaired) electrons. The maximum absolute atomic E-state index is 12.6. The Hall–Kier alpha value is -2.88. The number of piperidine rings is 1. The van der Waals surface area contributed by atoms with Crippen LogP contribution in [0.3, 0.4) is 0 Å². The number of thioether (sulfide) groups is 1. The number of fused-ring (bicyclic) bond motifs is 1. The third-order valence-electron chi connectivity index (χ3n) is 4.77. The summed E-state index contributed by atoms with van der Waals surface area (Å²) in [5.74, 6) is -0.155. The molecule has 9 nitrogen and oxygen atoms in total. The lowest BCUT2D eigenvalue weighted by atomic mass is 10.2. The first-order valence-electron chi connectivity index (χ1n) is 9.66. The largest absolute Gasteiger partial charge is 0.861 e. The lowest BCUT2D eigenvalue weighted by Gasteiger charge is -2.17. The third kappa shape index (κ3) is 4.26. The van der Waals surface area contributed by atoms with Gasteiger partial charge in [-0.15, -0.1) is 0 Å². The maximum atomic E-state index is 12.6. The molecule has 29 heavy (non-hydrogen) atoms. The van der Waals surface area contributed by atoms with E-state index in [2.05, 4.69) is 20.3 Å². The molecular weight excluding hydrogens is 392 g/mol. The molecule has 3 aromatic rings. The summed E-state index contributed by atoms with van der Waals surface area (Å²) in [6.45, 7) is 4.16.